The first-order valence-corrected chi connectivity index (χ1v) is 9.28. The largest absolute Gasteiger partial charge is 0.465 e. The van der Waals surface area contributed by atoms with Crippen molar-refractivity contribution in [1.82, 2.24) is 9.78 Å². The van der Waals surface area contributed by atoms with Crippen LogP contribution in [0, 0.1) is 6.92 Å². The Balaban J connectivity index is 1.76. The average Bonchev–Trinajstić information content (AvgIpc) is 3.21. The van der Waals surface area contributed by atoms with E-state index in [1.165, 1.54) is 18.4 Å². The van der Waals surface area contributed by atoms with Crippen LogP contribution >= 0.6 is 11.3 Å². The number of benzene rings is 1. The summed E-state index contributed by atoms with van der Waals surface area (Å²) in [6, 6.07) is 7.38. The van der Waals surface area contributed by atoms with Gasteiger partial charge < -0.3 is 9.64 Å². The molecule has 4 rings (SSSR count). The molecule has 6 nitrogen and oxygen atoms in total. The zero-order chi connectivity index (χ0) is 18.4. The molecule has 3 aromatic rings. The van der Waals surface area contributed by atoms with Crippen molar-refractivity contribution in [1.29, 1.82) is 0 Å². The number of amides is 1. The van der Waals surface area contributed by atoms with Gasteiger partial charge in [0, 0.05) is 24.7 Å². The van der Waals surface area contributed by atoms with Gasteiger partial charge in [0.25, 0.3) is 5.91 Å². The lowest BCUT2D eigenvalue weighted by atomic mass is 9.96. The Morgan fingerprint density at radius 1 is 1.31 bits per heavy atom. The van der Waals surface area contributed by atoms with Crippen molar-refractivity contribution in [2.24, 2.45) is 7.05 Å². The highest BCUT2D eigenvalue weighted by Crippen LogP contribution is 2.34. The van der Waals surface area contributed by atoms with Crippen molar-refractivity contribution in [2.45, 2.75) is 19.8 Å². The van der Waals surface area contributed by atoms with Gasteiger partial charge in [-0.15, -0.1) is 11.3 Å². The van der Waals surface area contributed by atoms with Crippen LogP contribution in [0.5, 0.6) is 0 Å². The van der Waals surface area contributed by atoms with E-state index in [2.05, 4.69) is 5.10 Å². The van der Waals surface area contributed by atoms with Crippen LogP contribution in [0.4, 0.5) is 5.69 Å². The van der Waals surface area contributed by atoms with Gasteiger partial charge >= 0.3 is 5.97 Å². The number of thiophene rings is 1. The van der Waals surface area contributed by atoms with Crippen LogP contribution in [0.25, 0.3) is 10.2 Å². The molecule has 26 heavy (non-hydrogen) atoms. The second-order valence-corrected chi connectivity index (χ2v) is 7.42. The van der Waals surface area contributed by atoms with Gasteiger partial charge in [-0.2, -0.15) is 5.10 Å². The molecule has 2 aromatic heterocycles. The summed E-state index contributed by atoms with van der Waals surface area (Å²) in [4.78, 5) is 28.7. The lowest BCUT2D eigenvalue weighted by Gasteiger charge is -2.30. The van der Waals surface area contributed by atoms with Crippen molar-refractivity contribution in [3.8, 4) is 0 Å². The first-order chi connectivity index (χ1) is 12.5. The van der Waals surface area contributed by atoms with Gasteiger partial charge in [0.1, 0.15) is 4.83 Å². The maximum Gasteiger partial charge on any atom is 0.338 e. The topological polar surface area (TPSA) is 64.4 Å². The molecule has 3 heterocycles. The number of hydrogen-bond acceptors (Lipinski definition) is 5. The van der Waals surface area contributed by atoms with E-state index in [1.807, 2.05) is 30.8 Å². The minimum absolute atomic E-state index is 0.0337. The summed E-state index contributed by atoms with van der Waals surface area (Å²) < 4.78 is 6.70. The van der Waals surface area contributed by atoms with Crippen LogP contribution in [0.15, 0.2) is 24.3 Å². The van der Waals surface area contributed by atoms with Gasteiger partial charge in [0.2, 0.25) is 0 Å². The molecule has 0 N–H and O–H groups in total. The Labute approximate surface area is 155 Å². The maximum atomic E-state index is 13.2. The lowest BCUT2D eigenvalue weighted by Crippen LogP contribution is -2.35. The number of aromatic nitrogens is 2. The summed E-state index contributed by atoms with van der Waals surface area (Å²) in [6.07, 6.45) is 1.58. The molecule has 0 saturated heterocycles. The summed E-state index contributed by atoms with van der Waals surface area (Å²) in [5.41, 5.74) is 3.15. The second-order valence-electron chi connectivity index (χ2n) is 6.39. The number of methoxy groups -OCH3 is 1. The number of fused-ring (bicyclic) bond motifs is 2. The van der Waals surface area contributed by atoms with E-state index in [0.717, 1.165) is 40.0 Å². The fourth-order valence-electron chi connectivity index (χ4n) is 3.58. The third-order valence-electron chi connectivity index (χ3n) is 4.81. The number of rotatable bonds is 2. The number of nitrogens with zero attached hydrogens (tertiary/aromatic N) is 3. The summed E-state index contributed by atoms with van der Waals surface area (Å²) in [7, 11) is 3.26. The molecule has 7 heteroatoms. The Hall–Kier alpha value is -2.67. The molecule has 1 aliphatic rings. The van der Waals surface area contributed by atoms with Crippen LogP contribution in [0.2, 0.25) is 0 Å². The zero-order valence-corrected chi connectivity index (χ0v) is 15.7. The predicted octanol–water partition coefficient (Wildman–Crippen LogP) is 3.32. The van der Waals surface area contributed by atoms with E-state index in [0.29, 0.717) is 17.0 Å². The number of carbonyl (C=O) groups excluding carboxylic acids is 2. The van der Waals surface area contributed by atoms with Crippen molar-refractivity contribution in [3.05, 3.63) is 46.0 Å². The summed E-state index contributed by atoms with van der Waals surface area (Å²) in [5.74, 6) is -0.395. The monoisotopic (exact) mass is 369 g/mol. The molecule has 0 fully saturated rings. The Kier molecular flexibility index (Phi) is 4.03. The van der Waals surface area contributed by atoms with Crippen LogP contribution in [-0.4, -0.2) is 35.3 Å². The number of anilines is 1. The van der Waals surface area contributed by atoms with Gasteiger partial charge in [-0.25, -0.2) is 4.79 Å². The van der Waals surface area contributed by atoms with Crippen molar-refractivity contribution < 1.29 is 14.3 Å². The molecule has 0 atom stereocenters. The molecule has 134 valence electrons. The standard InChI is InChI=1S/C19H19N3O3S/c1-11-14-10-16(26-18(14)21(2)20-11)17(23)22-9-5-7-12-13(19(24)25-3)6-4-8-15(12)22/h4,6,8,10H,5,7,9H2,1-3H3. The smallest absolute Gasteiger partial charge is 0.338 e. The summed E-state index contributed by atoms with van der Waals surface area (Å²) in [5, 5.41) is 5.41. The minimum Gasteiger partial charge on any atom is -0.465 e. The number of aryl methyl sites for hydroxylation is 2. The Morgan fingerprint density at radius 3 is 2.85 bits per heavy atom. The van der Waals surface area contributed by atoms with Gasteiger partial charge in [-0.1, -0.05) is 6.07 Å². The van der Waals surface area contributed by atoms with Gasteiger partial charge in [0.15, 0.2) is 0 Å². The highest BCUT2D eigenvalue weighted by Gasteiger charge is 2.28. The second kappa shape index (κ2) is 6.25. The van der Waals surface area contributed by atoms with E-state index in [9.17, 15) is 9.59 Å². The summed E-state index contributed by atoms with van der Waals surface area (Å²) in [6.45, 7) is 2.59. The molecular weight excluding hydrogens is 350 g/mol. The number of esters is 1. The van der Waals surface area contributed by atoms with Crippen molar-refractivity contribution in [2.75, 3.05) is 18.6 Å². The van der Waals surface area contributed by atoms with Gasteiger partial charge in [0.05, 0.1) is 23.2 Å². The first-order valence-electron chi connectivity index (χ1n) is 8.46. The van der Waals surface area contributed by atoms with Crippen LogP contribution in [0.3, 0.4) is 0 Å². The Bertz CT molecular complexity index is 1000. The normalized spacial score (nSPS) is 13.7. The third-order valence-corrected chi connectivity index (χ3v) is 6.00. The number of ether oxygens (including phenoxy) is 1. The van der Waals surface area contributed by atoms with Gasteiger partial charge in [-0.05, 0) is 43.5 Å². The van der Waals surface area contributed by atoms with Crippen LogP contribution in [0.1, 0.15) is 37.7 Å². The van der Waals surface area contributed by atoms with Crippen molar-refractivity contribution >= 4 is 39.1 Å². The molecule has 0 aliphatic carbocycles. The van der Waals surface area contributed by atoms with Crippen molar-refractivity contribution in [3.63, 3.8) is 0 Å². The lowest BCUT2D eigenvalue weighted by molar-refractivity contribution is 0.0599. The highest BCUT2D eigenvalue weighted by molar-refractivity contribution is 7.20. The van der Waals surface area contributed by atoms with E-state index in [-0.39, 0.29) is 11.9 Å². The molecule has 0 radical (unpaired) electrons. The molecule has 0 unspecified atom stereocenters. The maximum absolute atomic E-state index is 13.2. The molecule has 0 saturated carbocycles. The SMILES string of the molecule is COC(=O)c1cccc2c1CCCN2C(=O)c1cc2c(C)nn(C)c2s1. The molecule has 0 spiro atoms. The number of hydrogen-bond donors (Lipinski definition) is 0. The summed E-state index contributed by atoms with van der Waals surface area (Å²) >= 11 is 1.45. The molecule has 0 bridgehead atoms. The highest BCUT2D eigenvalue weighted by atomic mass is 32.1. The first kappa shape index (κ1) is 16.8. The number of carbonyl (C=O) groups is 2. The molecule has 1 aromatic carbocycles. The average molecular weight is 369 g/mol. The van der Waals surface area contributed by atoms with Crippen LogP contribution in [-0.2, 0) is 18.2 Å². The third kappa shape index (κ3) is 2.50. The quantitative estimate of drug-likeness (QED) is 0.650. The van der Waals surface area contributed by atoms with E-state index in [4.69, 9.17) is 4.74 Å². The Morgan fingerprint density at radius 2 is 2.12 bits per heavy atom. The fourth-order valence-corrected chi connectivity index (χ4v) is 4.65. The molecule has 1 aliphatic heterocycles. The fraction of sp³-hybridized carbons (Fsp3) is 0.316. The van der Waals surface area contributed by atoms with E-state index >= 15 is 0 Å². The zero-order valence-electron chi connectivity index (χ0n) is 14.9. The van der Waals surface area contributed by atoms with E-state index in [1.54, 1.807) is 17.0 Å². The minimum atomic E-state index is -0.361. The molecular formula is C19H19N3O3S. The molecule has 1 amide bonds. The van der Waals surface area contributed by atoms with Gasteiger partial charge in [-0.3, -0.25) is 9.48 Å². The van der Waals surface area contributed by atoms with E-state index < -0.39 is 0 Å². The van der Waals surface area contributed by atoms with Crippen LogP contribution < -0.4 is 4.90 Å². The predicted molar refractivity (Wildman–Crippen MR) is 101 cm³/mol.